The normalized spacial score (nSPS) is 14.5. The molecule has 1 saturated heterocycles. The molecule has 0 bridgehead atoms. The van der Waals surface area contributed by atoms with Gasteiger partial charge in [0.1, 0.15) is 0 Å². The van der Waals surface area contributed by atoms with Gasteiger partial charge in [-0.3, -0.25) is 9.59 Å². The number of fused-ring (bicyclic) bond motifs is 3. The van der Waals surface area contributed by atoms with Gasteiger partial charge in [0.05, 0.1) is 22.2 Å². The van der Waals surface area contributed by atoms with Crippen molar-refractivity contribution >= 4 is 39.3 Å². The minimum Gasteiger partial charge on any atom is -0.490 e. The lowest BCUT2D eigenvalue weighted by Crippen LogP contribution is -2.32. The van der Waals surface area contributed by atoms with E-state index in [0.717, 1.165) is 42.5 Å². The Morgan fingerprint density at radius 1 is 1.12 bits per heavy atom. The quantitative estimate of drug-likeness (QED) is 0.453. The topological polar surface area (TPSA) is 73.1 Å². The SMILES string of the molecule is CCOc1cc(/C=c2/sc3nc4ccccc4n3c2=O)ccc1OCC(=O)N1CCCC1. The van der Waals surface area contributed by atoms with Crippen LogP contribution in [0.4, 0.5) is 0 Å². The standard InChI is InChI=1S/C24H23N3O4S/c1-2-30-20-13-16(9-10-19(20)31-15-22(28)26-11-5-6-12-26)14-21-23(29)27-18-8-4-3-7-17(18)25-24(27)32-21/h3-4,7-10,13-14H,2,5-6,11-12,15H2,1H3/b21-14+. The Bertz CT molecular complexity index is 1400. The van der Waals surface area contributed by atoms with Crippen LogP contribution in [0.2, 0.25) is 0 Å². The monoisotopic (exact) mass is 449 g/mol. The van der Waals surface area contributed by atoms with E-state index < -0.39 is 0 Å². The van der Waals surface area contributed by atoms with E-state index in [-0.39, 0.29) is 18.1 Å². The fourth-order valence-corrected chi connectivity index (χ4v) is 4.95. The van der Waals surface area contributed by atoms with Crippen LogP contribution >= 0.6 is 11.3 Å². The largest absolute Gasteiger partial charge is 0.490 e. The van der Waals surface area contributed by atoms with Crippen LogP contribution in [0, 0.1) is 0 Å². The number of hydrogen-bond donors (Lipinski definition) is 0. The second-order valence-corrected chi connectivity index (χ2v) is 8.66. The molecular weight excluding hydrogens is 426 g/mol. The van der Waals surface area contributed by atoms with E-state index in [4.69, 9.17) is 9.47 Å². The maximum atomic E-state index is 13.0. The number of hydrogen-bond acceptors (Lipinski definition) is 6. The Labute approximate surface area is 188 Å². The summed E-state index contributed by atoms with van der Waals surface area (Å²) in [5.74, 6) is 1.06. The Morgan fingerprint density at radius 3 is 2.75 bits per heavy atom. The molecule has 8 heteroatoms. The molecule has 1 fully saturated rings. The molecule has 0 unspecified atom stereocenters. The van der Waals surface area contributed by atoms with Gasteiger partial charge in [-0.1, -0.05) is 29.5 Å². The van der Waals surface area contributed by atoms with E-state index in [1.165, 1.54) is 11.3 Å². The van der Waals surface area contributed by atoms with Gasteiger partial charge in [0, 0.05) is 13.1 Å². The molecular formula is C24H23N3O4S. The van der Waals surface area contributed by atoms with Gasteiger partial charge in [-0.15, -0.1) is 0 Å². The summed E-state index contributed by atoms with van der Waals surface area (Å²) in [6.07, 6.45) is 3.93. The molecule has 0 atom stereocenters. The van der Waals surface area contributed by atoms with Gasteiger partial charge in [-0.05, 0) is 55.7 Å². The van der Waals surface area contributed by atoms with Crippen molar-refractivity contribution in [1.82, 2.24) is 14.3 Å². The summed E-state index contributed by atoms with van der Waals surface area (Å²) in [5.41, 5.74) is 2.35. The third kappa shape index (κ3) is 3.82. The number of imidazole rings is 1. The van der Waals surface area contributed by atoms with Gasteiger partial charge in [0.2, 0.25) is 0 Å². The van der Waals surface area contributed by atoms with Gasteiger partial charge < -0.3 is 14.4 Å². The van der Waals surface area contributed by atoms with Crippen molar-refractivity contribution in [2.45, 2.75) is 19.8 Å². The summed E-state index contributed by atoms with van der Waals surface area (Å²) in [4.78, 5) is 32.3. The number of ether oxygens (including phenoxy) is 2. The zero-order valence-electron chi connectivity index (χ0n) is 17.7. The summed E-state index contributed by atoms with van der Waals surface area (Å²) in [7, 11) is 0. The lowest BCUT2D eigenvalue weighted by molar-refractivity contribution is -0.132. The van der Waals surface area contributed by atoms with Crippen molar-refractivity contribution in [2.75, 3.05) is 26.3 Å². The number of benzene rings is 2. The second-order valence-electron chi connectivity index (χ2n) is 7.65. The second kappa shape index (κ2) is 8.63. The van der Waals surface area contributed by atoms with Crippen molar-refractivity contribution in [1.29, 1.82) is 0 Å². The maximum absolute atomic E-state index is 13.0. The highest BCUT2D eigenvalue weighted by Crippen LogP contribution is 2.29. The zero-order valence-corrected chi connectivity index (χ0v) is 18.6. The molecule has 32 heavy (non-hydrogen) atoms. The first-order valence-electron chi connectivity index (χ1n) is 10.7. The van der Waals surface area contributed by atoms with E-state index in [0.29, 0.717) is 27.6 Å². The van der Waals surface area contributed by atoms with E-state index in [1.807, 2.05) is 54.3 Å². The smallest absolute Gasteiger partial charge is 0.274 e. The molecule has 0 radical (unpaired) electrons. The van der Waals surface area contributed by atoms with Crippen LogP contribution in [0.15, 0.2) is 47.3 Å². The van der Waals surface area contributed by atoms with Gasteiger partial charge >= 0.3 is 0 Å². The zero-order chi connectivity index (χ0) is 22.1. The lowest BCUT2D eigenvalue weighted by Gasteiger charge is -2.17. The molecule has 2 aromatic carbocycles. The number of amides is 1. The van der Waals surface area contributed by atoms with E-state index >= 15 is 0 Å². The number of para-hydroxylation sites is 2. The van der Waals surface area contributed by atoms with Crippen molar-refractivity contribution < 1.29 is 14.3 Å². The van der Waals surface area contributed by atoms with Crippen LogP contribution in [0.25, 0.3) is 22.1 Å². The maximum Gasteiger partial charge on any atom is 0.274 e. The Morgan fingerprint density at radius 2 is 1.94 bits per heavy atom. The molecule has 0 saturated carbocycles. The molecule has 164 valence electrons. The molecule has 1 amide bonds. The molecule has 4 aromatic rings. The Balaban J connectivity index is 1.44. The summed E-state index contributed by atoms with van der Waals surface area (Å²) >= 11 is 1.36. The highest BCUT2D eigenvalue weighted by atomic mass is 32.1. The first kappa shape index (κ1) is 20.5. The van der Waals surface area contributed by atoms with Gasteiger partial charge in [0.15, 0.2) is 23.1 Å². The van der Waals surface area contributed by atoms with Crippen LogP contribution in [0.1, 0.15) is 25.3 Å². The van der Waals surface area contributed by atoms with Gasteiger partial charge in [-0.25, -0.2) is 9.38 Å². The van der Waals surface area contributed by atoms with Crippen LogP contribution in [-0.4, -0.2) is 46.5 Å². The van der Waals surface area contributed by atoms with Crippen LogP contribution < -0.4 is 19.6 Å². The first-order valence-corrected chi connectivity index (χ1v) is 11.5. The highest BCUT2D eigenvalue weighted by molar-refractivity contribution is 7.15. The van der Waals surface area contributed by atoms with Crippen molar-refractivity contribution in [3.8, 4) is 11.5 Å². The molecule has 0 aliphatic carbocycles. The van der Waals surface area contributed by atoms with Crippen LogP contribution in [0.3, 0.4) is 0 Å². The first-order chi connectivity index (χ1) is 15.6. The predicted octanol–water partition coefficient (Wildman–Crippen LogP) is 2.86. The molecule has 1 aliphatic heterocycles. The minimum atomic E-state index is -0.0896. The van der Waals surface area contributed by atoms with Gasteiger partial charge in [-0.2, -0.15) is 0 Å². The summed E-state index contributed by atoms with van der Waals surface area (Å²) in [6, 6.07) is 13.1. The Hall–Kier alpha value is -3.39. The van der Waals surface area contributed by atoms with Crippen molar-refractivity contribution in [3.05, 3.63) is 62.9 Å². The summed E-state index contributed by atoms with van der Waals surface area (Å²) in [6.45, 7) is 3.94. The fraction of sp³-hybridized carbons (Fsp3) is 0.292. The number of thiazole rings is 1. The van der Waals surface area contributed by atoms with Crippen LogP contribution in [0.5, 0.6) is 11.5 Å². The van der Waals surface area contributed by atoms with E-state index in [9.17, 15) is 9.59 Å². The molecule has 1 aliphatic rings. The minimum absolute atomic E-state index is 0.00857. The molecule has 0 spiro atoms. The van der Waals surface area contributed by atoms with Crippen molar-refractivity contribution in [2.24, 2.45) is 0 Å². The number of likely N-dealkylation sites (tertiary alicyclic amines) is 1. The third-order valence-corrected chi connectivity index (χ3v) is 6.49. The molecule has 3 heterocycles. The number of nitrogens with zero attached hydrogens (tertiary/aromatic N) is 3. The third-order valence-electron chi connectivity index (χ3n) is 5.52. The average molecular weight is 450 g/mol. The number of carbonyl (C=O) groups excluding carboxylic acids is 1. The predicted molar refractivity (Wildman–Crippen MR) is 125 cm³/mol. The fourth-order valence-electron chi connectivity index (χ4n) is 3.96. The number of rotatable bonds is 6. The Kier molecular flexibility index (Phi) is 5.53. The van der Waals surface area contributed by atoms with E-state index in [2.05, 4.69) is 4.98 Å². The molecule has 7 nitrogen and oxygen atoms in total. The average Bonchev–Trinajstić information content (AvgIpc) is 3.51. The molecule has 2 aromatic heterocycles. The number of carbonyl (C=O) groups is 1. The number of aromatic nitrogens is 2. The molecule has 0 N–H and O–H groups in total. The van der Waals surface area contributed by atoms with E-state index in [1.54, 1.807) is 10.5 Å². The van der Waals surface area contributed by atoms with Gasteiger partial charge in [0.25, 0.3) is 11.5 Å². The molecule has 5 rings (SSSR count). The van der Waals surface area contributed by atoms with Crippen molar-refractivity contribution in [3.63, 3.8) is 0 Å². The lowest BCUT2D eigenvalue weighted by atomic mass is 10.2. The highest BCUT2D eigenvalue weighted by Gasteiger charge is 2.19. The van der Waals surface area contributed by atoms with Crippen LogP contribution in [-0.2, 0) is 4.79 Å². The summed E-state index contributed by atoms with van der Waals surface area (Å²) < 4.78 is 13.8. The summed E-state index contributed by atoms with van der Waals surface area (Å²) in [5, 5.41) is 0.